The van der Waals surface area contributed by atoms with Gasteiger partial charge in [-0.2, -0.15) is 13.2 Å². The number of nitrogens with one attached hydrogen (secondary N) is 2. The van der Waals surface area contributed by atoms with Crippen molar-refractivity contribution in [3.8, 4) is 0 Å². The van der Waals surface area contributed by atoms with E-state index in [1.807, 2.05) is 0 Å². The van der Waals surface area contributed by atoms with E-state index >= 15 is 0 Å². The number of carbonyl (C=O) groups excluding carboxylic acids is 2. The molecule has 0 saturated heterocycles. The highest BCUT2D eigenvalue weighted by Gasteiger charge is 2.47. The first-order valence-corrected chi connectivity index (χ1v) is 7.77. The van der Waals surface area contributed by atoms with E-state index in [0.717, 1.165) is 5.56 Å². The van der Waals surface area contributed by atoms with Gasteiger partial charge in [-0.25, -0.2) is 4.79 Å². The molecule has 4 N–H and O–H groups in total. The molecule has 1 aliphatic rings. The summed E-state index contributed by atoms with van der Waals surface area (Å²) in [6.45, 7) is 0.136. The Morgan fingerprint density at radius 1 is 1.12 bits per heavy atom. The van der Waals surface area contributed by atoms with E-state index in [-0.39, 0.29) is 19.4 Å². The first-order chi connectivity index (χ1) is 11.3. The second kappa shape index (κ2) is 7.55. The van der Waals surface area contributed by atoms with Crippen molar-refractivity contribution < 1.29 is 22.8 Å². The number of rotatable bonds is 4. The lowest BCUT2D eigenvalue weighted by molar-refractivity contribution is -0.198. The van der Waals surface area contributed by atoms with E-state index in [0.29, 0.717) is 18.5 Å². The maximum Gasteiger partial charge on any atom is 0.392 e. The van der Waals surface area contributed by atoms with Gasteiger partial charge in [0.15, 0.2) is 0 Å². The largest absolute Gasteiger partial charge is 0.392 e. The first-order valence-electron chi connectivity index (χ1n) is 7.77. The van der Waals surface area contributed by atoms with Crippen LogP contribution in [0, 0.1) is 11.8 Å². The van der Waals surface area contributed by atoms with Crippen molar-refractivity contribution in [1.29, 1.82) is 0 Å². The molecule has 1 aromatic carbocycles. The second-order valence-electron chi connectivity index (χ2n) is 5.94. The molecule has 2 rings (SSSR count). The predicted octanol–water partition coefficient (Wildman–Crippen LogP) is 3.16. The Bertz CT molecular complexity index is 587. The van der Waals surface area contributed by atoms with Gasteiger partial charge >= 0.3 is 12.2 Å². The molecule has 5 nitrogen and oxygen atoms in total. The van der Waals surface area contributed by atoms with Crippen molar-refractivity contribution in [2.24, 2.45) is 17.6 Å². The summed E-state index contributed by atoms with van der Waals surface area (Å²) in [6, 6.07) is 5.84. The van der Waals surface area contributed by atoms with Gasteiger partial charge in [-0.1, -0.05) is 25.0 Å². The zero-order chi connectivity index (χ0) is 17.7. The number of urea groups is 1. The van der Waals surface area contributed by atoms with Crippen molar-refractivity contribution in [2.75, 3.05) is 5.32 Å². The SMILES string of the molecule is NC(=O)Nc1ccc(CNC(=O)[C@@H]2CCCC[C@@H]2C(F)(F)F)cc1. The highest BCUT2D eigenvalue weighted by atomic mass is 19.4. The minimum absolute atomic E-state index is 0.00900. The first kappa shape index (κ1) is 18.1. The van der Waals surface area contributed by atoms with Crippen LogP contribution in [0.5, 0.6) is 0 Å². The molecule has 132 valence electrons. The Hall–Kier alpha value is -2.25. The van der Waals surface area contributed by atoms with Gasteiger partial charge < -0.3 is 16.4 Å². The van der Waals surface area contributed by atoms with Crippen LogP contribution < -0.4 is 16.4 Å². The average Bonchev–Trinajstić information content (AvgIpc) is 2.52. The summed E-state index contributed by atoms with van der Waals surface area (Å²) in [5.41, 5.74) is 6.21. The standard InChI is InChI=1S/C16H20F3N3O2/c17-16(18,19)13-4-2-1-3-12(13)14(23)21-9-10-5-7-11(8-6-10)22-15(20)24/h5-8,12-13H,1-4,9H2,(H,21,23)(H3,20,22,24)/t12-,13+/m1/s1. The van der Waals surface area contributed by atoms with E-state index in [4.69, 9.17) is 5.73 Å². The van der Waals surface area contributed by atoms with Crippen molar-refractivity contribution in [2.45, 2.75) is 38.4 Å². The molecule has 0 heterocycles. The lowest BCUT2D eigenvalue weighted by Crippen LogP contribution is -2.42. The van der Waals surface area contributed by atoms with Gasteiger partial charge in [-0.05, 0) is 30.5 Å². The monoisotopic (exact) mass is 343 g/mol. The molecule has 0 spiro atoms. The number of primary amides is 1. The maximum absolute atomic E-state index is 13.0. The summed E-state index contributed by atoms with van der Waals surface area (Å²) in [6.07, 6.45) is -2.93. The molecule has 1 aliphatic carbocycles. The van der Waals surface area contributed by atoms with E-state index < -0.39 is 30.0 Å². The maximum atomic E-state index is 13.0. The van der Waals surface area contributed by atoms with E-state index in [1.165, 1.54) is 0 Å². The van der Waals surface area contributed by atoms with Gasteiger partial charge in [0, 0.05) is 18.2 Å². The van der Waals surface area contributed by atoms with E-state index in [1.54, 1.807) is 24.3 Å². The Balaban J connectivity index is 1.93. The Morgan fingerprint density at radius 2 is 1.75 bits per heavy atom. The van der Waals surface area contributed by atoms with Crippen molar-refractivity contribution in [3.63, 3.8) is 0 Å². The molecule has 0 aliphatic heterocycles. The van der Waals surface area contributed by atoms with Crippen LogP contribution in [0.25, 0.3) is 0 Å². The van der Waals surface area contributed by atoms with Crippen LogP contribution in [0.15, 0.2) is 24.3 Å². The van der Waals surface area contributed by atoms with Gasteiger partial charge in [0.2, 0.25) is 5.91 Å². The molecule has 1 aromatic rings. The quantitative estimate of drug-likeness (QED) is 0.784. The van der Waals surface area contributed by atoms with E-state index in [9.17, 15) is 22.8 Å². The van der Waals surface area contributed by atoms with Crippen LogP contribution in [0.4, 0.5) is 23.7 Å². The van der Waals surface area contributed by atoms with Crippen LogP contribution in [0.3, 0.4) is 0 Å². The minimum Gasteiger partial charge on any atom is -0.352 e. The molecule has 2 atom stereocenters. The van der Waals surface area contributed by atoms with Gasteiger partial charge in [0.05, 0.1) is 5.92 Å². The number of benzene rings is 1. The van der Waals surface area contributed by atoms with Gasteiger partial charge in [0.25, 0.3) is 0 Å². The number of halogens is 3. The van der Waals surface area contributed by atoms with Crippen LogP contribution in [-0.2, 0) is 11.3 Å². The molecule has 8 heteroatoms. The average molecular weight is 343 g/mol. The number of alkyl halides is 3. The summed E-state index contributed by atoms with van der Waals surface area (Å²) >= 11 is 0. The van der Waals surface area contributed by atoms with Crippen molar-refractivity contribution >= 4 is 17.6 Å². The molecule has 1 saturated carbocycles. The summed E-state index contributed by atoms with van der Waals surface area (Å²) in [7, 11) is 0. The van der Waals surface area contributed by atoms with Crippen LogP contribution in [0.2, 0.25) is 0 Å². The number of hydrogen-bond donors (Lipinski definition) is 3. The summed E-state index contributed by atoms with van der Waals surface area (Å²) < 4.78 is 39.1. The van der Waals surface area contributed by atoms with Crippen molar-refractivity contribution in [3.05, 3.63) is 29.8 Å². The van der Waals surface area contributed by atoms with Gasteiger partial charge in [-0.15, -0.1) is 0 Å². The third kappa shape index (κ3) is 4.87. The summed E-state index contributed by atoms with van der Waals surface area (Å²) in [5.74, 6) is -3.14. The Labute approximate surface area is 137 Å². The zero-order valence-corrected chi connectivity index (χ0v) is 13.0. The highest BCUT2D eigenvalue weighted by Crippen LogP contribution is 2.41. The third-order valence-corrected chi connectivity index (χ3v) is 4.21. The number of amides is 3. The topological polar surface area (TPSA) is 84.2 Å². The Kier molecular flexibility index (Phi) is 5.69. The third-order valence-electron chi connectivity index (χ3n) is 4.21. The smallest absolute Gasteiger partial charge is 0.352 e. The fourth-order valence-electron chi connectivity index (χ4n) is 3.00. The molecule has 24 heavy (non-hydrogen) atoms. The molecular weight excluding hydrogens is 323 g/mol. The normalized spacial score (nSPS) is 21.1. The fraction of sp³-hybridized carbons (Fsp3) is 0.500. The van der Waals surface area contributed by atoms with Crippen LogP contribution >= 0.6 is 0 Å². The highest BCUT2D eigenvalue weighted by molar-refractivity contribution is 5.87. The lowest BCUT2D eigenvalue weighted by Gasteiger charge is -2.32. The molecule has 0 bridgehead atoms. The Morgan fingerprint density at radius 3 is 2.33 bits per heavy atom. The van der Waals surface area contributed by atoms with Crippen LogP contribution in [-0.4, -0.2) is 18.1 Å². The molecule has 0 unspecified atom stereocenters. The number of nitrogens with two attached hydrogens (primary N) is 1. The van der Waals surface area contributed by atoms with Crippen molar-refractivity contribution in [1.82, 2.24) is 5.32 Å². The molecular formula is C16H20F3N3O2. The lowest BCUT2D eigenvalue weighted by atomic mass is 9.78. The van der Waals surface area contributed by atoms with Gasteiger partial charge in [0.1, 0.15) is 0 Å². The number of anilines is 1. The second-order valence-corrected chi connectivity index (χ2v) is 5.94. The molecule has 1 fully saturated rings. The van der Waals surface area contributed by atoms with Crippen LogP contribution in [0.1, 0.15) is 31.2 Å². The zero-order valence-electron chi connectivity index (χ0n) is 13.0. The summed E-state index contributed by atoms with van der Waals surface area (Å²) in [5, 5.41) is 4.98. The molecule has 0 aromatic heterocycles. The van der Waals surface area contributed by atoms with E-state index in [2.05, 4.69) is 10.6 Å². The predicted molar refractivity (Wildman–Crippen MR) is 83.0 cm³/mol. The summed E-state index contributed by atoms with van der Waals surface area (Å²) in [4.78, 5) is 22.9. The molecule has 0 radical (unpaired) electrons. The fourth-order valence-corrected chi connectivity index (χ4v) is 3.00. The molecule has 3 amide bonds. The number of hydrogen-bond acceptors (Lipinski definition) is 2. The minimum atomic E-state index is -4.34. The van der Waals surface area contributed by atoms with Gasteiger partial charge in [-0.3, -0.25) is 4.79 Å². The number of carbonyl (C=O) groups is 2.